The average molecular weight is 411 g/mol. The van der Waals surface area contributed by atoms with Crippen LogP contribution in [0.1, 0.15) is 16.8 Å². The highest BCUT2D eigenvalue weighted by atomic mass is 16.5. The fourth-order valence-corrected chi connectivity index (χ4v) is 3.44. The Kier molecular flexibility index (Phi) is 7.30. The molecule has 0 saturated carbocycles. The highest BCUT2D eigenvalue weighted by Gasteiger charge is 2.23. The van der Waals surface area contributed by atoms with Crippen LogP contribution in [0.4, 0.5) is 11.4 Å². The summed E-state index contributed by atoms with van der Waals surface area (Å²) in [4.78, 5) is 30.9. The van der Waals surface area contributed by atoms with E-state index >= 15 is 0 Å². The molecule has 2 aromatic rings. The zero-order valence-corrected chi connectivity index (χ0v) is 17.9. The number of amides is 2. The number of carbonyl (C=O) groups is 2. The van der Waals surface area contributed by atoms with Crippen LogP contribution in [0.3, 0.4) is 0 Å². The lowest BCUT2D eigenvalue weighted by molar-refractivity contribution is -0.129. The van der Waals surface area contributed by atoms with Crippen molar-refractivity contribution < 1.29 is 14.3 Å². The van der Waals surface area contributed by atoms with Crippen LogP contribution in [0.25, 0.3) is 0 Å². The van der Waals surface area contributed by atoms with Gasteiger partial charge in [0.1, 0.15) is 5.75 Å². The number of anilines is 2. The third-order valence-corrected chi connectivity index (χ3v) is 5.26. The highest BCUT2D eigenvalue weighted by molar-refractivity contribution is 6.00. The lowest BCUT2D eigenvalue weighted by atomic mass is 10.1. The second-order valence-electron chi connectivity index (χ2n) is 7.61. The molecule has 1 fully saturated rings. The van der Waals surface area contributed by atoms with Gasteiger partial charge in [0, 0.05) is 46.0 Å². The maximum Gasteiger partial charge on any atom is 0.256 e. The van der Waals surface area contributed by atoms with Crippen molar-refractivity contribution in [2.45, 2.75) is 6.42 Å². The van der Waals surface area contributed by atoms with E-state index in [-0.39, 0.29) is 11.8 Å². The first kappa shape index (κ1) is 21.6. The minimum absolute atomic E-state index is 0.00685. The van der Waals surface area contributed by atoms with Crippen molar-refractivity contribution in [3.8, 4) is 5.75 Å². The van der Waals surface area contributed by atoms with E-state index in [1.54, 1.807) is 26.1 Å². The number of rotatable bonds is 6. The normalized spacial score (nSPS) is 14.7. The topological polar surface area (TPSA) is 65.1 Å². The Morgan fingerprint density at radius 3 is 2.43 bits per heavy atom. The second kappa shape index (κ2) is 10.1. The number of nitrogens with zero attached hydrogens (tertiary/aromatic N) is 3. The summed E-state index contributed by atoms with van der Waals surface area (Å²) in [5.74, 6) is 0.878. The maximum atomic E-state index is 13.3. The third-order valence-electron chi connectivity index (χ3n) is 5.26. The van der Waals surface area contributed by atoms with Gasteiger partial charge in [-0.1, -0.05) is 12.1 Å². The van der Waals surface area contributed by atoms with Crippen LogP contribution >= 0.6 is 0 Å². The molecule has 0 spiro atoms. The maximum absolute atomic E-state index is 13.3. The minimum Gasteiger partial charge on any atom is -0.497 e. The molecule has 1 aliphatic rings. The first-order valence-corrected chi connectivity index (χ1v) is 10.2. The Morgan fingerprint density at radius 1 is 1.00 bits per heavy atom. The Balaban J connectivity index is 1.68. The standard InChI is InChI=1S/C23H30N4O3/c1-25(2)22(28)17-26-13-6-14-27(16-15-26)23(29)20-7-4-5-8-21(20)24-18-9-11-19(30-3)12-10-18/h4-5,7-12,24H,6,13-17H2,1-3H3. The summed E-state index contributed by atoms with van der Waals surface area (Å²) in [5, 5.41) is 3.34. The molecular formula is C23H30N4O3. The molecule has 7 heteroatoms. The van der Waals surface area contributed by atoms with Crippen LogP contribution < -0.4 is 10.1 Å². The number of likely N-dealkylation sites (N-methyl/N-ethyl adjacent to an activating group) is 1. The van der Waals surface area contributed by atoms with Gasteiger partial charge in [-0.05, 0) is 42.8 Å². The molecule has 0 aliphatic carbocycles. The predicted octanol–water partition coefficient (Wildman–Crippen LogP) is 2.67. The monoisotopic (exact) mass is 410 g/mol. The zero-order chi connectivity index (χ0) is 21.5. The molecule has 2 amide bonds. The van der Waals surface area contributed by atoms with Crippen molar-refractivity contribution in [1.29, 1.82) is 0 Å². The molecule has 7 nitrogen and oxygen atoms in total. The van der Waals surface area contributed by atoms with Gasteiger partial charge in [-0.15, -0.1) is 0 Å². The number of hydrogen-bond acceptors (Lipinski definition) is 5. The van der Waals surface area contributed by atoms with Crippen LogP contribution in [0.5, 0.6) is 5.75 Å². The first-order chi connectivity index (χ1) is 14.5. The molecule has 0 aromatic heterocycles. The van der Waals surface area contributed by atoms with Gasteiger partial charge in [0.2, 0.25) is 5.91 Å². The molecular weight excluding hydrogens is 380 g/mol. The van der Waals surface area contributed by atoms with Crippen LogP contribution in [0, 0.1) is 0 Å². The van der Waals surface area contributed by atoms with Crippen molar-refractivity contribution >= 4 is 23.2 Å². The molecule has 1 saturated heterocycles. The molecule has 3 rings (SSSR count). The molecule has 0 bridgehead atoms. The van der Waals surface area contributed by atoms with E-state index in [0.29, 0.717) is 31.7 Å². The summed E-state index contributed by atoms with van der Waals surface area (Å²) >= 11 is 0. The molecule has 0 radical (unpaired) electrons. The van der Waals surface area contributed by atoms with E-state index in [0.717, 1.165) is 30.1 Å². The average Bonchev–Trinajstić information content (AvgIpc) is 2.99. The van der Waals surface area contributed by atoms with Gasteiger partial charge in [-0.3, -0.25) is 14.5 Å². The summed E-state index contributed by atoms with van der Waals surface area (Å²) < 4.78 is 5.20. The van der Waals surface area contributed by atoms with Gasteiger partial charge < -0.3 is 19.9 Å². The van der Waals surface area contributed by atoms with Crippen molar-refractivity contribution in [3.63, 3.8) is 0 Å². The third kappa shape index (κ3) is 5.51. The van der Waals surface area contributed by atoms with E-state index in [9.17, 15) is 9.59 Å². The molecule has 0 atom stereocenters. The summed E-state index contributed by atoms with van der Waals surface area (Å²) in [6, 6.07) is 15.2. The van der Waals surface area contributed by atoms with Gasteiger partial charge in [-0.2, -0.15) is 0 Å². The quantitative estimate of drug-likeness (QED) is 0.793. The van der Waals surface area contributed by atoms with Crippen molar-refractivity contribution in [2.24, 2.45) is 0 Å². The summed E-state index contributed by atoms with van der Waals surface area (Å²) in [7, 11) is 5.17. The molecule has 160 valence electrons. The Morgan fingerprint density at radius 2 is 1.73 bits per heavy atom. The fourth-order valence-electron chi connectivity index (χ4n) is 3.44. The molecule has 1 N–H and O–H groups in total. The zero-order valence-electron chi connectivity index (χ0n) is 17.9. The number of benzene rings is 2. The lowest BCUT2D eigenvalue weighted by Crippen LogP contribution is -2.39. The molecule has 2 aromatic carbocycles. The van der Waals surface area contributed by atoms with E-state index in [1.165, 1.54) is 0 Å². The van der Waals surface area contributed by atoms with E-state index in [1.807, 2.05) is 53.4 Å². The number of para-hydroxylation sites is 1. The Labute approximate surface area is 178 Å². The second-order valence-corrected chi connectivity index (χ2v) is 7.61. The number of nitrogens with one attached hydrogen (secondary N) is 1. The van der Waals surface area contributed by atoms with E-state index < -0.39 is 0 Å². The summed E-state index contributed by atoms with van der Waals surface area (Å²) in [6.07, 6.45) is 0.848. The molecule has 0 unspecified atom stereocenters. The lowest BCUT2D eigenvalue weighted by Gasteiger charge is -2.23. The summed E-state index contributed by atoms with van der Waals surface area (Å²) in [6.45, 7) is 3.19. The van der Waals surface area contributed by atoms with Crippen LogP contribution in [-0.2, 0) is 4.79 Å². The minimum atomic E-state index is 0.00685. The van der Waals surface area contributed by atoms with Gasteiger partial charge in [0.15, 0.2) is 0 Å². The molecule has 30 heavy (non-hydrogen) atoms. The van der Waals surface area contributed by atoms with Crippen molar-refractivity contribution in [3.05, 3.63) is 54.1 Å². The Hall–Kier alpha value is -3.06. The van der Waals surface area contributed by atoms with Crippen LogP contribution in [0.15, 0.2) is 48.5 Å². The van der Waals surface area contributed by atoms with Crippen LogP contribution in [0.2, 0.25) is 0 Å². The smallest absolute Gasteiger partial charge is 0.256 e. The highest BCUT2D eigenvalue weighted by Crippen LogP contribution is 2.24. The van der Waals surface area contributed by atoms with Gasteiger partial charge in [0.05, 0.1) is 24.9 Å². The Bertz CT molecular complexity index is 867. The molecule has 1 aliphatic heterocycles. The number of carbonyl (C=O) groups excluding carboxylic acids is 2. The van der Waals surface area contributed by atoms with Gasteiger partial charge in [-0.25, -0.2) is 0 Å². The SMILES string of the molecule is COc1ccc(Nc2ccccc2C(=O)N2CCCN(CC(=O)N(C)C)CC2)cc1. The first-order valence-electron chi connectivity index (χ1n) is 10.2. The van der Waals surface area contributed by atoms with Crippen molar-refractivity contribution in [2.75, 3.05) is 59.2 Å². The fraction of sp³-hybridized carbons (Fsp3) is 0.391. The number of hydrogen-bond donors (Lipinski definition) is 1. The predicted molar refractivity (Wildman–Crippen MR) is 118 cm³/mol. The van der Waals surface area contributed by atoms with Gasteiger partial charge in [0.25, 0.3) is 5.91 Å². The van der Waals surface area contributed by atoms with Crippen LogP contribution in [-0.4, -0.2) is 80.4 Å². The van der Waals surface area contributed by atoms with E-state index in [2.05, 4.69) is 10.2 Å². The summed E-state index contributed by atoms with van der Waals surface area (Å²) in [5.41, 5.74) is 2.31. The van der Waals surface area contributed by atoms with Gasteiger partial charge >= 0.3 is 0 Å². The number of methoxy groups -OCH3 is 1. The largest absolute Gasteiger partial charge is 0.497 e. The molecule has 1 heterocycles. The van der Waals surface area contributed by atoms with Crippen molar-refractivity contribution in [1.82, 2.24) is 14.7 Å². The van der Waals surface area contributed by atoms with E-state index in [4.69, 9.17) is 4.74 Å². The number of ether oxygens (including phenoxy) is 1.